The number of fused-ring (bicyclic) bond motifs is 1. The molecule has 0 fully saturated rings. The quantitative estimate of drug-likeness (QED) is 0.0792. The van der Waals surface area contributed by atoms with Gasteiger partial charge in [-0.15, -0.1) is 0 Å². The van der Waals surface area contributed by atoms with Crippen LogP contribution in [0.2, 0.25) is 0 Å². The number of nitrogens with one attached hydrogen (secondary N) is 1. The minimum Gasteiger partial charge on any atom is -0.457 e. The molecule has 1 atom stereocenters. The van der Waals surface area contributed by atoms with E-state index < -0.39 is 11.9 Å². The van der Waals surface area contributed by atoms with Crippen molar-refractivity contribution in [1.82, 2.24) is 9.55 Å². The minimum absolute atomic E-state index is 0.00502. The molecule has 0 radical (unpaired) electrons. The van der Waals surface area contributed by atoms with Gasteiger partial charge in [0.1, 0.15) is 23.4 Å². The van der Waals surface area contributed by atoms with Crippen molar-refractivity contribution in [2.24, 2.45) is 22.2 Å². The van der Waals surface area contributed by atoms with Gasteiger partial charge in [0.05, 0.1) is 11.0 Å². The molecule has 0 aliphatic heterocycles. The number of aromatic nitrogens is 2. The third kappa shape index (κ3) is 7.52. The van der Waals surface area contributed by atoms with Crippen molar-refractivity contribution >= 4 is 34.5 Å². The van der Waals surface area contributed by atoms with Crippen molar-refractivity contribution in [2.75, 3.05) is 11.9 Å². The first-order chi connectivity index (χ1) is 22.0. The number of rotatable bonds is 11. The Labute approximate surface area is 268 Å². The summed E-state index contributed by atoms with van der Waals surface area (Å²) in [6.07, 6.45) is 0.883. The number of anilines is 1. The standard InChI is InChI=1S/C36H39N7O3/c1-36(2,3)25-15-17-26(18-16-25)41-34(45)24-14-19-30-29(22-24)42-33(43(30)31(32(37)44)13-8-20-40-35(38)39)23-9-7-12-28(21-23)46-27-10-5-4-6-11-27/h4-7,9-12,14-19,21-22,31H,8,13,20H2,1-3H3,(H2,37,44)(H,41,45)(H4,38,39,40)/t31-/m1/s1. The second-order valence-electron chi connectivity index (χ2n) is 12.1. The largest absolute Gasteiger partial charge is 0.457 e. The average Bonchev–Trinajstić information content (AvgIpc) is 3.39. The highest BCUT2D eigenvalue weighted by molar-refractivity contribution is 6.06. The summed E-state index contributed by atoms with van der Waals surface area (Å²) in [5, 5.41) is 2.97. The van der Waals surface area contributed by atoms with Gasteiger partial charge in [-0.1, -0.05) is 63.2 Å². The Balaban J connectivity index is 1.52. The van der Waals surface area contributed by atoms with E-state index in [1.807, 2.05) is 83.4 Å². The molecule has 4 aromatic carbocycles. The summed E-state index contributed by atoms with van der Waals surface area (Å²) in [7, 11) is 0. The number of nitrogens with two attached hydrogens (primary N) is 3. The van der Waals surface area contributed by atoms with Gasteiger partial charge < -0.3 is 31.8 Å². The number of hydrogen-bond donors (Lipinski definition) is 4. The highest BCUT2D eigenvalue weighted by Gasteiger charge is 2.25. The molecule has 236 valence electrons. The summed E-state index contributed by atoms with van der Waals surface area (Å²) in [5.41, 5.74) is 21.2. The summed E-state index contributed by atoms with van der Waals surface area (Å²) in [6, 6.07) is 29.2. The Morgan fingerprint density at radius 3 is 2.28 bits per heavy atom. The molecule has 2 amide bonds. The van der Waals surface area contributed by atoms with Gasteiger partial charge in [-0.25, -0.2) is 4.98 Å². The van der Waals surface area contributed by atoms with E-state index in [1.165, 1.54) is 5.56 Å². The molecule has 0 bridgehead atoms. The van der Waals surface area contributed by atoms with E-state index in [4.69, 9.17) is 26.9 Å². The first-order valence-corrected chi connectivity index (χ1v) is 15.1. The maximum absolute atomic E-state index is 13.3. The molecule has 0 aliphatic rings. The number of para-hydroxylation sites is 1. The number of imidazole rings is 1. The Hall–Kier alpha value is -5.64. The van der Waals surface area contributed by atoms with Gasteiger partial charge in [0.15, 0.2) is 5.96 Å². The Kier molecular flexibility index (Phi) is 9.37. The summed E-state index contributed by atoms with van der Waals surface area (Å²) in [4.78, 5) is 35.2. The average molecular weight is 618 g/mol. The third-order valence-corrected chi connectivity index (χ3v) is 7.60. The lowest BCUT2D eigenvalue weighted by molar-refractivity contribution is -0.121. The van der Waals surface area contributed by atoms with Crippen LogP contribution >= 0.6 is 0 Å². The zero-order valence-electron chi connectivity index (χ0n) is 26.2. The molecule has 0 unspecified atom stereocenters. The minimum atomic E-state index is -0.756. The fourth-order valence-electron chi connectivity index (χ4n) is 5.23. The number of carbonyl (C=O) groups is 2. The molecule has 46 heavy (non-hydrogen) atoms. The highest BCUT2D eigenvalue weighted by atomic mass is 16.5. The number of aliphatic imine (C=N–C) groups is 1. The molecule has 0 aliphatic carbocycles. The van der Waals surface area contributed by atoms with Crippen molar-refractivity contribution in [1.29, 1.82) is 0 Å². The van der Waals surface area contributed by atoms with Crippen molar-refractivity contribution in [3.05, 3.63) is 108 Å². The molecule has 1 heterocycles. The molecule has 5 aromatic rings. The number of carbonyl (C=O) groups excluding carboxylic acids is 2. The van der Waals surface area contributed by atoms with E-state index in [2.05, 4.69) is 31.1 Å². The van der Waals surface area contributed by atoms with Crippen molar-refractivity contribution in [3.63, 3.8) is 0 Å². The van der Waals surface area contributed by atoms with E-state index in [0.717, 1.165) is 0 Å². The monoisotopic (exact) mass is 617 g/mol. The Morgan fingerprint density at radius 1 is 0.891 bits per heavy atom. The normalized spacial score (nSPS) is 12.0. The second kappa shape index (κ2) is 13.6. The van der Waals surface area contributed by atoms with Gasteiger partial charge in [-0.3, -0.25) is 14.6 Å². The number of primary amides is 1. The van der Waals surface area contributed by atoms with E-state index in [1.54, 1.807) is 18.2 Å². The lowest BCUT2D eigenvalue weighted by Crippen LogP contribution is -2.27. The molecule has 0 saturated heterocycles. The highest BCUT2D eigenvalue weighted by Crippen LogP contribution is 2.34. The fraction of sp³-hybridized carbons (Fsp3) is 0.222. The van der Waals surface area contributed by atoms with E-state index in [-0.39, 0.29) is 17.3 Å². The number of hydrogen-bond acceptors (Lipinski definition) is 5. The van der Waals surface area contributed by atoms with Crippen LogP contribution in [-0.2, 0) is 10.2 Å². The Morgan fingerprint density at radius 2 is 1.61 bits per heavy atom. The molecule has 5 rings (SSSR count). The molecule has 10 nitrogen and oxygen atoms in total. The zero-order valence-corrected chi connectivity index (χ0v) is 26.2. The van der Waals surface area contributed by atoms with Crippen LogP contribution in [0.25, 0.3) is 22.4 Å². The van der Waals surface area contributed by atoms with Crippen LogP contribution in [0.4, 0.5) is 5.69 Å². The molecular weight excluding hydrogens is 578 g/mol. The maximum atomic E-state index is 13.3. The topological polar surface area (TPSA) is 164 Å². The van der Waals surface area contributed by atoms with Gasteiger partial charge in [-0.2, -0.15) is 0 Å². The van der Waals surface area contributed by atoms with Gasteiger partial charge in [-0.05, 0) is 78.4 Å². The molecule has 7 N–H and O–H groups in total. The van der Waals surface area contributed by atoms with E-state index in [9.17, 15) is 9.59 Å². The molecule has 0 saturated carbocycles. The first-order valence-electron chi connectivity index (χ1n) is 15.1. The van der Waals surface area contributed by atoms with Gasteiger partial charge in [0.25, 0.3) is 5.91 Å². The summed E-state index contributed by atoms with van der Waals surface area (Å²) in [6.45, 7) is 6.77. The fourth-order valence-corrected chi connectivity index (χ4v) is 5.23. The van der Waals surface area contributed by atoms with Crippen LogP contribution in [0.3, 0.4) is 0 Å². The van der Waals surface area contributed by atoms with Crippen molar-refractivity contribution in [3.8, 4) is 22.9 Å². The van der Waals surface area contributed by atoms with Crippen LogP contribution in [0.15, 0.2) is 102 Å². The maximum Gasteiger partial charge on any atom is 0.255 e. The Bertz CT molecular complexity index is 1870. The summed E-state index contributed by atoms with van der Waals surface area (Å²) in [5.74, 6) is 0.978. The van der Waals surface area contributed by atoms with Crippen molar-refractivity contribution < 1.29 is 14.3 Å². The van der Waals surface area contributed by atoms with Gasteiger partial charge >= 0.3 is 0 Å². The summed E-state index contributed by atoms with van der Waals surface area (Å²) >= 11 is 0. The molecule has 10 heteroatoms. The van der Waals surface area contributed by atoms with E-state index in [0.29, 0.717) is 64.6 Å². The number of benzene rings is 4. The predicted octanol–water partition coefficient (Wildman–Crippen LogP) is 6.13. The van der Waals surface area contributed by atoms with Crippen molar-refractivity contribution in [2.45, 2.75) is 45.1 Å². The number of guanidine groups is 1. The lowest BCUT2D eigenvalue weighted by atomic mass is 9.87. The SMILES string of the molecule is CC(C)(C)c1ccc(NC(=O)c2ccc3c(c2)nc(-c2cccc(Oc4ccccc4)c2)n3[C@H](CCCN=C(N)N)C(N)=O)cc1. The van der Waals surface area contributed by atoms with Crippen LogP contribution in [0.5, 0.6) is 11.5 Å². The third-order valence-electron chi connectivity index (χ3n) is 7.60. The predicted molar refractivity (Wildman–Crippen MR) is 183 cm³/mol. The van der Waals surface area contributed by atoms with Gasteiger partial charge in [0, 0.05) is 23.4 Å². The molecule has 1 aromatic heterocycles. The second-order valence-corrected chi connectivity index (χ2v) is 12.1. The number of ether oxygens (including phenoxy) is 1. The van der Waals surface area contributed by atoms with E-state index >= 15 is 0 Å². The van der Waals surface area contributed by atoms with Crippen LogP contribution in [0, 0.1) is 0 Å². The zero-order chi connectivity index (χ0) is 32.8. The number of nitrogens with zero attached hydrogens (tertiary/aromatic N) is 3. The van der Waals surface area contributed by atoms with Crippen LogP contribution in [0.1, 0.15) is 55.6 Å². The molecular formula is C36H39N7O3. The smallest absolute Gasteiger partial charge is 0.255 e. The summed E-state index contributed by atoms with van der Waals surface area (Å²) < 4.78 is 7.90. The lowest BCUT2D eigenvalue weighted by Gasteiger charge is -2.19. The van der Waals surface area contributed by atoms with Gasteiger partial charge in [0.2, 0.25) is 5.91 Å². The van der Waals surface area contributed by atoms with Crippen LogP contribution in [-0.4, -0.2) is 33.9 Å². The van der Waals surface area contributed by atoms with Crippen LogP contribution < -0.4 is 27.3 Å². The molecule has 0 spiro atoms. The number of amides is 2. The first kappa shape index (κ1) is 31.8.